The summed E-state index contributed by atoms with van der Waals surface area (Å²) in [7, 11) is -3.43. The summed E-state index contributed by atoms with van der Waals surface area (Å²) >= 11 is 1.82. The number of fused-ring (bicyclic) bond motifs is 1. The van der Waals surface area contributed by atoms with Crippen LogP contribution in [0, 0.1) is 0 Å². The first kappa shape index (κ1) is 20.3. The highest BCUT2D eigenvalue weighted by atomic mass is 32.2. The Morgan fingerprint density at radius 2 is 1.69 bits per heavy atom. The predicted octanol–water partition coefficient (Wildman–Crippen LogP) is 3.41. The molecule has 2 aliphatic heterocycles. The summed E-state index contributed by atoms with van der Waals surface area (Å²) in [5.74, 6) is 0.934. The quantitative estimate of drug-likeness (QED) is 0.786. The van der Waals surface area contributed by atoms with Crippen LogP contribution in [0.25, 0.3) is 0 Å². The van der Waals surface area contributed by atoms with E-state index in [1.54, 1.807) is 24.3 Å². The summed E-state index contributed by atoms with van der Waals surface area (Å²) in [6, 6.07) is 14.6. The lowest BCUT2D eigenvalue weighted by Crippen LogP contribution is -2.34. The molecule has 154 valence electrons. The lowest BCUT2D eigenvalue weighted by molar-refractivity contribution is -0.115. The number of hydrogen-bond donors (Lipinski definition) is 1. The van der Waals surface area contributed by atoms with Gasteiger partial charge in [-0.1, -0.05) is 12.1 Å². The van der Waals surface area contributed by atoms with Crippen molar-refractivity contribution in [1.29, 1.82) is 0 Å². The van der Waals surface area contributed by atoms with Crippen LogP contribution in [0.1, 0.15) is 19.3 Å². The minimum Gasteiger partial charge on any atom is -0.361 e. The number of nitrogens with one attached hydrogen (secondary N) is 1. The van der Waals surface area contributed by atoms with E-state index in [2.05, 4.69) is 22.3 Å². The average Bonchev–Trinajstić information content (AvgIpc) is 3.20. The maximum absolute atomic E-state index is 12.6. The Morgan fingerprint density at radius 3 is 2.45 bits per heavy atom. The van der Waals surface area contributed by atoms with E-state index < -0.39 is 10.0 Å². The molecule has 29 heavy (non-hydrogen) atoms. The lowest BCUT2D eigenvalue weighted by Gasteiger charge is -2.23. The second-order valence-corrected chi connectivity index (χ2v) is 10.3. The van der Waals surface area contributed by atoms with Gasteiger partial charge in [-0.25, -0.2) is 8.42 Å². The number of anilines is 2. The SMILES string of the molecule is O=C(CN1CCCSc2ccccc21)Nc1ccc(S(=O)(=O)N2CCCC2)cc1. The summed E-state index contributed by atoms with van der Waals surface area (Å²) in [5, 5.41) is 2.89. The van der Waals surface area contributed by atoms with Crippen LogP contribution >= 0.6 is 11.8 Å². The molecule has 6 nitrogen and oxygen atoms in total. The van der Waals surface area contributed by atoms with Crippen LogP contribution in [0.3, 0.4) is 0 Å². The zero-order valence-corrected chi connectivity index (χ0v) is 17.8. The number of carbonyl (C=O) groups excluding carboxylic acids is 1. The number of para-hydroxylation sites is 1. The van der Waals surface area contributed by atoms with Gasteiger partial charge in [0.05, 0.1) is 17.1 Å². The van der Waals surface area contributed by atoms with Crippen molar-refractivity contribution in [2.45, 2.75) is 29.1 Å². The molecule has 1 fully saturated rings. The number of hydrogen-bond acceptors (Lipinski definition) is 5. The van der Waals surface area contributed by atoms with Crippen LogP contribution in [0.4, 0.5) is 11.4 Å². The smallest absolute Gasteiger partial charge is 0.243 e. The number of carbonyl (C=O) groups is 1. The third-order valence-corrected chi connectivity index (χ3v) is 8.27. The second kappa shape index (κ2) is 8.77. The number of nitrogens with zero attached hydrogens (tertiary/aromatic N) is 2. The average molecular weight is 432 g/mol. The molecule has 0 bridgehead atoms. The van der Waals surface area contributed by atoms with Gasteiger partial charge in [-0.3, -0.25) is 4.79 Å². The molecular formula is C21H25N3O3S2. The van der Waals surface area contributed by atoms with Gasteiger partial charge in [0.25, 0.3) is 0 Å². The zero-order chi connectivity index (χ0) is 20.3. The Balaban J connectivity index is 1.41. The normalized spacial score (nSPS) is 17.6. The summed E-state index contributed by atoms with van der Waals surface area (Å²) in [5.41, 5.74) is 1.70. The van der Waals surface area contributed by atoms with Crippen LogP contribution in [0.5, 0.6) is 0 Å². The van der Waals surface area contributed by atoms with E-state index in [0.717, 1.165) is 37.2 Å². The first-order chi connectivity index (χ1) is 14.0. The molecule has 2 aliphatic rings. The Bertz CT molecular complexity index is 971. The number of amides is 1. The summed E-state index contributed by atoms with van der Waals surface area (Å²) in [6.07, 6.45) is 2.84. The Hall–Kier alpha value is -2.03. The van der Waals surface area contributed by atoms with Gasteiger partial charge >= 0.3 is 0 Å². The molecule has 2 aromatic rings. The molecule has 2 heterocycles. The van der Waals surface area contributed by atoms with E-state index >= 15 is 0 Å². The van der Waals surface area contributed by atoms with E-state index in [4.69, 9.17) is 0 Å². The van der Waals surface area contributed by atoms with Crippen LogP contribution in [0.15, 0.2) is 58.3 Å². The van der Waals surface area contributed by atoms with Crippen LogP contribution in [0.2, 0.25) is 0 Å². The van der Waals surface area contributed by atoms with Gasteiger partial charge in [0.1, 0.15) is 0 Å². The van der Waals surface area contributed by atoms with Gasteiger partial charge in [0.15, 0.2) is 0 Å². The monoisotopic (exact) mass is 431 g/mol. The topological polar surface area (TPSA) is 69.7 Å². The molecule has 0 aromatic heterocycles. The van der Waals surface area contributed by atoms with Crippen molar-refractivity contribution in [2.24, 2.45) is 0 Å². The van der Waals surface area contributed by atoms with Gasteiger partial charge in [-0.2, -0.15) is 4.31 Å². The Kier molecular flexibility index (Phi) is 6.12. The molecule has 0 saturated carbocycles. The number of benzene rings is 2. The molecular weight excluding hydrogens is 406 g/mol. The van der Waals surface area contributed by atoms with Crippen molar-refractivity contribution in [1.82, 2.24) is 4.31 Å². The maximum Gasteiger partial charge on any atom is 0.243 e. The molecule has 0 spiro atoms. The van der Waals surface area contributed by atoms with Gasteiger partial charge in [0.2, 0.25) is 15.9 Å². The fourth-order valence-corrected chi connectivity index (χ4v) is 6.25. The molecule has 0 unspecified atom stereocenters. The van der Waals surface area contributed by atoms with Crippen molar-refractivity contribution < 1.29 is 13.2 Å². The van der Waals surface area contributed by atoms with E-state index in [-0.39, 0.29) is 17.3 Å². The highest BCUT2D eigenvalue weighted by Crippen LogP contribution is 2.33. The zero-order valence-electron chi connectivity index (χ0n) is 16.2. The van der Waals surface area contributed by atoms with Gasteiger partial charge in [-0.05, 0) is 61.4 Å². The molecule has 8 heteroatoms. The predicted molar refractivity (Wildman–Crippen MR) is 117 cm³/mol. The third kappa shape index (κ3) is 4.60. The largest absolute Gasteiger partial charge is 0.361 e. The summed E-state index contributed by atoms with van der Waals surface area (Å²) in [6.45, 7) is 2.27. The maximum atomic E-state index is 12.6. The first-order valence-corrected chi connectivity index (χ1v) is 12.3. The molecule has 2 aromatic carbocycles. The summed E-state index contributed by atoms with van der Waals surface area (Å²) < 4.78 is 26.7. The Labute approximate surface area is 176 Å². The molecule has 1 N–H and O–H groups in total. The number of thioether (sulfide) groups is 1. The molecule has 4 rings (SSSR count). The number of sulfonamides is 1. The van der Waals surface area contributed by atoms with Crippen LogP contribution in [-0.2, 0) is 14.8 Å². The molecule has 1 saturated heterocycles. The highest BCUT2D eigenvalue weighted by Gasteiger charge is 2.27. The molecule has 0 aliphatic carbocycles. The minimum absolute atomic E-state index is 0.109. The second-order valence-electron chi connectivity index (χ2n) is 7.28. The van der Waals surface area contributed by atoms with Crippen LogP contribution < -0.4 is 10.2 Å². The standard InChI is InChI=1S/C21H25N3O3S2/c25-21(16-23-12-5-15-28-20-7-2-1-6-19(20)23)22-17-8-10-18(11-9-17)29(26,27)24-13-3-4-14-24/h1-2,6-11H,3-5,12-16H2,(H,22,25). The van der Waals surface area contributed by atoms with E-state index in [1.807, 2.05) is 23.9 Å². The highest BCUT2D eigenvalue weighted by molar-refractivity contribution is 7.99. The molecule has 0 atom stereocenters. The van der Waals surface area contributed by atoms with E-state index in [0.29, 0.717) is 18.8 Å². The van der Waals surface area contributed by atoms with Crippen molar-refractivity contribution in [3.8, 4) is 0 Å². The van der Waals surface area contributed by atoms with E-state index in [1.165, 1.54) is 9.20 Å². The molecule has 1 amide bonds. The minimum atomic E-state index is -3.43. The first-order valence-electron chi connectivity index (χ1n) is 9.91. The Morgan fingerprint density at radius 1 is 0.966 bits per heavy atom. The van der Waals surface area contributed by atoms with Crippen molar-refractivity contribution in [3.05, 3.63) is 48.5 Å². The van der Waals surface area contributed by atoms with Gasteiger partial charge in [0, 0.05) is 30.2 Å². The fraction of sp³-hybridized carbons (Fsp3) is 0.381. The third-order valence-electron chi connectivity index (χ3n) is 5.21. The van der Waals surface area contributed by atoms with Crippen molar-refractivity contribution >= 4 is 39.1 Å². The fourth-order valence-electron chi connectivity index (χ4n) is 3.72. The van der Waals surface area contributed by atoms with Crippen LogP contribution in [-0.4, -0.2) is 50.6 Å². The van der Waals surface area contributed by atoms with Crippen molar-refractivity contribution in [3.63, 3.8) is 0 Å². The number of rotatable bonds is 5. The van der Waals surface area contributed by atoms with Crippen molar-refractivity contribution in [2.75, 3.05) is 42.1 Å². The van der Waals surface area contributed by atoms with Gasteiger partial charge < -0.3 is 10.2 Å². The lowest BCUT2D eigenvalue weighted by atomic mass is 10.2. The molecule has 0 radical (unpaired) electrons. The summed E-state index contributed by atoms with van der Waals surface area (Å²) in [4.78, 5) is 16.2. The van der Waals surface area contributed by atoms with E-state index in [9.17, 15) is 13.2 Å². The van der Waals surface area contributed by atoms with Gasteiger partial charge in [-0.15, -0.1) is 11.8 Å².